The lowest BCUT2D eigenvalue weighted by atomic mass is 9.97. The molecule has 2 rings (SSSR count). The molecule has 0 aliphatic heterocycles. The maximum atomic E-state index is 10.9. The van der Waals surface area contributed by atoms with Crippen LogP contribution in [-0.2, 0) is 12.0 Å². The van der Waals surface area contributed by atoms with E-state index < -0.39 is 5.97 Å². The van der Waals surface area contributed by atoms with Gasteiger partial charge >= 0.3 is 5.97 Å². The summed E-state index contributed by atoms with van der Waals surface area (Å²) in [5, 5.41) is 16.8. The minimum Gasteiger partial charge on any atom is -0.484 e. The standard InChI is InChI=1S/C15H18N2O4/c1-9-7-10(13(18)19)5-6-11(9)20-8-12-16-17-14(21-12)15(2,3)4/h5-7H,8H2,1-4H3,(H,18,19). The second kappa shape index (κ2) is 5.55. The number of ether oxygens (including phenoxy) is 1. The third kappa shape index (κ3) is 3.59. The van der Waals surface area contributed by atoms with Crippen molar-refractivity contribution in [1.82, 2.24) is 10.2 Å². The molecule has 0 fully saturated rings. The van der Waals surface area contributed by atoms with Crippen LogP contribution in [0.2, 0.25) is 0 Å². The van der Waals surface area contributed by atoms with Gasteiger partial charge in [0.05, 0.1) is 5.56 Å². The van der Waals surface area contributed by atoms with Gasteiger partial charge in [0, 0.05) is 5.41 Å². The largest absolute Gasteiger partial charge is 0.484 e. The molecule has 112 valence electrons. The van der Waals surface area contributed by atoms with Crippen molar-refractivity contribution in [2.75, 3.05) is 0 Å². The quantitative estimate of drug-likeness (QED) is 0.931. The van der Waals surface area contributed by atoms with Crippen molar-refractivity contribution in [3.8, 4) is 5.75 Å². The highest BCUT2D eigenvalue weighted by Crippen LogP contribution is 2.22. The van der Waals surface area contributed by atoms with Crippen molar-refractivity contribution in [2.24, 2.45) is 0 Å². The number of carboxylic acid groups (broad SMARTS) is 1. The number of aromatic carboxylic acids is 1. The van der Waals surface area contributed by atoms with Crippen LogP contribution in [0.1, 0.15) is 48.5 Å². The summed E-state index contributed by atoms with van der Waals surface area (Å²) in [6.07, 6.45) is 0. The van der Waals surface area contributed by atoms with E-state index >= 15 is 0 Å². The number of carbonyl (C=O) groups is 1. The highest BCUT2D eigenvalue weighted by atomic mass is 16.5. The van der Waals surface area contributed by atoms with Gasteiger partial charge in [0.1, 0.15) is 5.75 Å². The van der Waals surface area contributed by atoms with Crippen molar-refractivity contribution in [1.29, 1.82) is 0 Å². The molecule has 0 aliphatic rings. The zero-order valence-electron chi connectivity index (χ0n) is 12.5. The Labute approximate surface area is 122 Å². The normalized spacial score (nSPS) is 11.4. The molecule has 0 saturated heterocycles. The molecular formula is C15H18N2O4. The SMILES string of the molecule is Cc1cc(C(=O)O)ccc1OCc1nnc(C(C)(C)C)o1. The lowest BCUT2D eigenvalue weighted by molar-refractivity contribution is 0.0696. The van der Waals surface area contributed by atoms with E-state index in [2.05, 4.69) is 10.2 Å². The van der Waals surface area contributed by atoms with Gasteiger partial charge in [-0.15, -0.1) is 10.2 Å². The number of hydrogen-bond acceptors (Lipinski definition) is 5. The summed E-state index contributed by atoms with van der Waals surface area (Å²) in [7, 11) is 0. The molecule has 0 amide bonds. The minimum atomic E-state index is -0.962. The van der Waals surface area contributed by atoms with E-state index in [1.165, 1.54) is 6.07 Å². The molecule has 0 saturated carbocycles. The molecule has 2 aromatic rings. The highest BCUT2D eigenvalue weighted by Gasteiger charge is 2.21. The summed E-state index contributed by atoms with van der Waals surface area (Å²) in [5.74, 6) is 0.576. The Bertz CT molecular complexity index is 656. The average Bonchev–Trinajstić information content (AvgIpc) is 2.85. The zero-order valence-corrected chi connectivity index (χ0v) is 12.5. The summed E-state index contributed by atoms with van der Waals surface area (Å²) in [6.45, 7) is 7.90. The molecule has 0 bridgehead atoms. The van der Waals surface area contributed by atoms with E-state index in [1.54, 1.807) is 19.1 Å². The van der Waals surface area contributed by atoms with Crippen LogP contribution in [-0.4, -0.2) is 21.3 Å². The fourth-order valence-electron chi connectivity index (χ4n) is 1.70. The number of nitrogens with zero attached hydrogens (tertiary/aromatic N) is 2. The van der Waals surface area contributed by atoms with Crippen LogP contribution in [0.25, 0.3) is 0 Å². The van der Waals surface area contributed by atoms with E-state index in [-0.39, 0.29) is 17.6 Å². The summed E-state index contributed by atoms with van der Waals surface area (Å²) in [5.41, 5.74) is 0.766. The Morgan fingerprint density at radius 2 is 2.05 bits per heavy atom. The summed E-state index contributed by atoms with van der Waals surface area (Å²) in [6, 6.07) is 4.69. The van der Waals surface area contributed by atoms with Gasteiger partial charge in [0.15, 0.2) is 6.61 Å². The Morgan fingerprint density at radius 1 is 1.33 bits per heavy atom. The number of aryl methyl sites for hydroxylation is 1. The first-order valence-corrected chi connectivity index (χ1v) is 6.57. The number of rotatable bonds is 4. The van der Waals surface area contributed by atoms with Gasteiger partial charge in [0.2, 0.25) is 5.89 Å². The molecule has 1 heterocycles. The van der Waals surface area contributed by atoms with Crippen LogP contribution >= 0.6 is 0 Å². The van der Waals surface area contributed by atoms with Gasteiger partial charge in [-0.3, -0.25) is 0 Å². The fourth-order valence-corrected chi connectivity index (χ4v) is 1.70. The van der Waals surface area contributed by atoms with Crippen LogP contribution in [0, 0.1) is 6.92 Å². The predicted octanol–water partition coefficient (Wildman–Crippen LogP) is 2.95. The highest BCUT2D eigenvalue weighted by molar-refractivity contribution is 5.88. The van der Waals surface area contributed by atoms with Gasteiger partial charge in [-0.05, 0) is 30.7 Å². The maximum Gasteiger partial charge on any atom is 0.335 e. The monoisotopic (exact) mass is 290 g/mol. The minimum absolute atomic E-state index is 0.149. The number of benzene rings is 1. The van der Waals surface area contributed by atoms with Crippen molar-refractivity contribution >= 4 is 5.97 Å². The molecule has 21 heavy (non-hydrogen) atoms. The first-order chi connectivity index (χ1) is 9.77. The Hall–Kier alpha value is -2.37. The first kappa shape index (κ1) is 15.0. The lowest BCUT2D eigenvalue weighted by Crippen LogP contribution is -2.11. The molecule has 1 aromatic heterocycles. The molecule has 0 unspecified atom stereocenters. The van der Waals surface area contributed by atoms with Crippen LogP contribution < -0.4 is 4.74 Å². The Morgan fingerprint density at radius 3 is 2.57 bits per heavy atom. The molecule has 0 atom stereocenters. The number of aromatic nitrogens is 2. The lowest BCUT2D eigenvalue weighted by Gasteiger charge is -2.11. The van der Waals surface area contributed by atoms with Crippen LogP contribution in [0.3, 0.4) is 0 Å². The topological polar surface area (TPSA) is 85.5 Å². The second-order valence-electron chi connectivity index (χ2n) is 5.83. The van der Waals surface area contributed by atoms with Gasteiger partial charge in [-0.25, -0.2) is 4.79 Å². The molecule has 0 spiro atoms. The van der Waals surface area contributed by atoms with Crippen molar-refractivity contribution in [3.05, 3.63) is 41.1 Å². The van der Waals surface area contributed by atoms with Gasteiger partial charge < -0.3 is 14.3 Å². The first-order valence-electron chi connectivity index (χ1n) is 6.57. The average molecular weight is 290 g/mol. The molecule has 0 radical (unpaired) electrons. The zero-order chi connectivity index (χ0) is 15.6. The maximum absolute atomic E-state index is 10.9. The summed E-state index contributed by atoms with van der Waals surface area (Å²) >= 11 is 0. The van der Waals surface area contributed by atoms with Crippen LogP contribution in [0.15, 0.2) is 22.6 Å². The Kier molecular flexibility index (Phi) is 3.97. The van der Waals surface area contributed by atoms with Gasteiger partial charge in [-0.2, -0.15) is 0 Å². The van der Waals surface area contributed by atoms with Crippen LogP contribution in [0.5, 0.6) is 5.75 Å². The second-order valence-corrected chi connectivity index (χ2v) is 5.83. The van der Waals surface area contributed by atoms with Gasteiger partial charge in [0.25, 0.3) is 5.89 Å². The Balaban J connectivity index is 2.06. The molecule has 6 heteroatoms. The molecule has 1 aromatic carbocycles. The van der Waals surface area contributed by atoms with E-state index in [9.17, 15) is 4.79 Å². The van der Waals surface area contributed by atoms with E-state index in [1.807, 2.05) is 20.8 Å². The van der Waals surface area contributed by atoms with Crippen molar-refractivity contribution < 1.29 is 19.1 Å². The summed E-state index contributed by atoms with van der Waals surface area (Å²) < 4.78 is 11.1. The molecular weight excluding hydrogens is 272 g/mol. The van der Waals surface area contributed by atoms with Crippen LogP contribution in [0.4, 0.5) is 0 Å². The van der Waals surface area contributed by atoms with E-state index in [0.717, 1.165) is 5.56 Å². The third-order valence-corrected chi connectivity index (χ3v) is 2.88. The molecule has 0 aliphatic carbocycles. The number of hydrogen-bond donors (Lipinski definition) is 1. The fraction of sp³-hybridized carbons (Fsp3) is 0.400. The predicted molar refractivity (Wildman–Crippen MR) is 75.5 cm³/mol. The van der Waals surface area contributed by atoms with Crippen molar-refractivity contribution in [3.63, 3.8) is 0 Å². The summed E-state index contributed by atoms with van der Waals surface area (Å²) in [4.78, 5) is 10.9. The van der Waals surface area contributed by atoms with E-state index in [4.69, 9.17) is 14.3 Å². The van der Waals surface area contributed by atoms with Crippen molar-refractivity contribution in [2.45, 2.75) is 39.7 Å². The van der Waals surface area contributed by atoms with Gasteiger partial charge in [-0.1, -0.05) is 20.8 Å². The molecule has 6 nitrogen and oxygen atoms in total. The smallest absolute Gasteiger partial charge is 0.335 e. The van der Waals surface area contributed by atoms with E-state index in [0.29, 0.717) is 17.5 Å². The molecule has 1 N–H and O–H groups in total. The number of carboxylic acids is 1. The third-order valence-electron chi connectivity index (χ3n) is 2.88.